The van der Waals surface area contributed by atoms with Crippen LogP contribution in [0.15, 0.2) is 11.0 Å². The summed E-state index contributed by atoms with van der Waals surface area (Å²) in [5.41, 5.74) is 12.6. The van der Waals surface area contributed by atoms with Crippen molar-refractivity contribution in [3.05, 3.63) is 33.4 Å². The highest BCUT2D eigenvalue weighted by Gasteiger charge is 2.54. The maximum absolute atomic E-state index is 15.4. The van der Waals surface area contributed by atoms with E-state index in [1.165, 1.54) is 6.20 Å². The highest BCUT2D eigenvalue weighted by molar-refractivity contribution is 6.01. The predicted octanol–water partition coefficient (Wildman–Crippen LogP) is 1.99. The Kier molecular flexibility index (Phi) is 3.42. The molecule has 0 bridgehead atoms. The van der Waals surface area contributed by atoms with Gasteiger partial charge in [-0.25, -0.2) is 9.18 Å². The molecule has 1 aliphatic heterocycles. The third-order valence-electron chi connectivity index (χ3n) is 6.75. The van der Waals surface area contributed by atoms with Crippen LogP contribution in [0.5, 0.6) is 0 Å². The number of rotatable bonds is 3. The van der Waals surface area contributed by atoms with Crippen LogP contribution >= 0.6 is 0 Å². The van der Waals surface area contributed by atoms with Crippen LogP contribution in [0.2, 0.25) is 0 Å². The number of halogens is 1. The number of carboxylic acids is 1. The molecule has 1 aromatic carbocycles. The maximum atomic E-state index is 15.4. The smallest absolute Gasteiger partial charge is 0.341 e. The van der Waals surface area contributed by atoms with Crippen LogP contribution in [-0.2, 0) is 0 Å². The number of benzene rings is 1. The minimum absolute atomic E-state index is 0.0109. The zero-order chi connectivity index (χ0) is 20.0. The highest BCUT2D eigenvalue weighted by Crippen LogP contribution is 2.54. The highest BCUT2D eigenvalue weighted by atomic mass is 19.1. The Morgan fingerprint density at radius 2 is 2.04 bits per heavy atom. The molecule has 8 heteroatoms. The fourth-order valence-corrected chi connectivity index (χ4v) is 4.80. The van der Waals surface area contributed by atoms with E-state index in [4.69, 9.17) is 11.5 Å². The molecule has 0 amide bonds. The minimum atomic E-state index is -1.33. The number of aromatic carboxylic acids is 1. The molecule has 1 saturated heterocycles. The molecule has 0 radical (unpaired) electrons. The molecule has 1 aromatic heterocycles. The zero-order valence-corrected chi connectivity index (χ0v) is 15.7. The first-order valence-electron chi connectivity index (χ1n) is 9.65. The fourth-order valence-electron chi connectivity index (χ4n) is 4.80. The number of nitrogens with two attached hydrogens (primary N) is 2. The summed E-state index contributed by atoms with van der Waals surface area (Å²) in [6, 6.07) is 0.0939. The molecule has 2 aliphatic carbocycles. The molecular formula is C20H23FN4O3. The molecule has 2 heterocycles. The molecule has 3 aliphatic rings. The fraction of sp³-hybridized carbons (Fsp3) is 0.500. The van der Waals surface area contributed by atoms with Crippen molar-refractivity contribution >= 4 is 28.2 Å². The monoisotopic (exact) mass is 386 g/mol. The van der Waals surface area contributed by atoms with E-state index in [1.54, 1.807) is 11.5 Å². The van der Waals surface area contributed by atoms with Gasteiger partial charge in [-0.3, -0.25) is 4.79 Å². The lowest BCUT2D eigenvalue weighted by atomic mass is 10.0. The SMILES string of the molecule is Cc1c(N2C[C@H](N)C3(CC3)C2)c(F)c(N)c2c(=O)c(C(=O)O)cn(C3CC3)c12. The number of anilines is 2. The first kappa shape index (κ1) is 17.5. The molecule has 5 N–H and O–H groups in total. The standard InChI is InChI=1S/C20H23FN4O3/c1-9-16-13(18(26)11(19(27)28)6-25(16)10-2-3-10)15(23)14(21)17(9)24-7-12(22)20(8-24)4-5-20/h6,10,12H,2-5,7-8,22-23H2,1H3,(H,27,28)/t12-/m0/s1. The van der Waals surface area contributed by atoms with Gasteiger partial charge in [0, 0.05) is 36.8 Å². The van der Waals surface area contributed by atoms with Crippen molar-refractivity contribution < 1.29 is 14.3 Å². The molecule has 2 saturated carbocycles. The Morgan fingerprint density at radius 3 is 2.57 bits per heavy atom. The molecule has 0 unspecified atom stereocenters. The van der Waals surface area contributed by atoms with Crippen molar-refractivity contribution in [2.45, 2.75) is 44.7 Å². The van der Waals surface area contributed by atoms with Gasteiger partial charge in [0.2, 0.25) is 5.43 Å². The molecule has 3 fully saturated rings. The van der Waals surface area contributed by atoms with Gasteiger partial charge in [0.05, 0.1) is 22.3 Å². The van der Waals surface area contributed by atoms with Gasteiger partial charge in [0.15, 0.2) is 5.82 Å². The molecule has 5 rings (SSSR count). The second-order valence-corrected chi connectivity index (χ2v) is 8.59. The number of nitrogens with zero attached hydrogens (tertiary/aromatic N) is 2. The zero-order valence-electron chi connectivity index (χ0n) is 15.7. The predicted molar refractivity (Wildman–Crippen MR) is 104 cm³/mol. The number of hydrogen-bond donors (Lipinski definition) is 3. The summed E-state index contributed by atoms with van der Waals surface area (Å²) >= 11 is 0. The molecule has 148 valence electrons. The average molecular weight is 386 g/mol. The number of fused-ring (bicyclic) bond motifs is 1. The van der Waals surface area contributed by atoms with E-state index in [0.717, 1.165) is 25.7 Å². The molecular weight excluding hydrogens is 363 g/mol. The summed E-state index contributed by atoms with van der Waals surface area (Å²) < 4.78 is 17.2. The van der Waals surface area contributed by atoms with Gasteiger partial charge in [0.25, 0.3) is 0 Å². The third kappa shape index (κ3) is 2.24. The van der Waals surface area contributed by atoms with Gasteiger partial charge in [-0.05, 0) is 38.2 Å². The first-order chi connectivity index (χ1) is 13.2. The average Bonchev–Trinajstić information content (AvgIpc) is 3.53. The molecule has 1 spiro atoms. The summed E-state index contributed by atoms with van der Waals surface area (Å²) in [5.74, 6) is -1.99. The normalized spacial score (nSPS) is 23.0. The van der Waals surface area contributed by atoms with Crippen molar-refractivity contribution in [1.82, 2.24) is 4.57 Å². The quantitative estimate of drug-likeness (QED) is 0.695. The molecule has 1 atom stereocenters. The summed E-state index contributed by atoms with van der Waals surface area (Å²) in [6.45, 7) is 3.00. The van der Waals surface area contributed by atoms with Crippen LogP contribution in [0.1, 0.15) is 47.6 Å². The topological polar surface area (TPSA) is 115 Å². The van der Waals surface area contributed by atoms with Crippen LogP contribution in [-0.4, -0.2) is 34.8 Å². The number of aromatic nitrogens is 1. The van der Waals surface area contributed by atoms with E-state index in [-0.39, 0.29) is 34.1 Å². The van der Waals surface area contributed by atoms with Gasteiger partial charge < -0.3 is 26.0 Å². The summed E-state index contributed by atoms with van der Waals surface area (Å²) in [7, 11) is 0. The van der Waals surface area contributed by atoms with Crippen LogP contribution in [0, 0.1) is 18.2 Å². The number of carboxylic acid groups (broad SMARTS) is 1. The number of nitrogen functional groups attached to an aromatic ring is 1. The number of carbonyl (C=O) groups is 1. The van der Waals surface area contributed by atoms with Gasteiger partial charge in [-0.2, -0.15) is 0 Å². The molecule has 7 nitrogen and oxygen atoms in total. The van der Waals surface area contributed by atoms with Crippen molar-refractivity contribution in [1.29, 1.82) is 0 Å². The lowest BCUT2D eigenvalue weighted by Gasteiger charge is -2.25. The van der Waals surface area contributed by atoms with Crippen molar-refractivity contribution in [2.24, 2.45) is 11.1 Å². The Labute approximate surface area is 160 Å². The largest absolute Gasteiger partial charge is 0.477 e. The minimum Gasteiger partial charge on any atom is -0.477 e. The molecule has 28 heavy (non-hydrogen) atoms. The van der Waals surface area contributed by atoms with Gasteiger partial charge >= 0.3 is 5.97 Å². The lowest BCUT2D eigenvalue weighted by Crippen LogP contribution is -2.31. The Hall–Kier alpha value is -2.61. The summed E-state index contributed by atoms with van der Waals surface area (Å²) in [6.07, 6.45) is 5.25. The third-order valence-corrected chi connectivity index (χ3v) is 6.75. The van der Waals surface area contributed by atoms with Gasteiger partial charge in [-0.1, -0.05) is 0 Å². The van der Waals surface area contributed by atoms with Crippen LogP contribution in [0.3, 0.4) is 0 Å². The van der Waals surface area contributed by atoms with E-state index in [2.05, 4.69) is 0 Å². The molecule has 2 aromatic rings. The Morgan fingerprint density at radius 1 is 1.36 bits per heavy atom. The lowest BCUT2D eigenvalue weighted by molar-refractivity contribution is 0.0695. The maximum Gasteiger partial charge on any atom is 0.341 e. The van der Waals surface area contributed by atoms with Crippen molar-refractivity contribution in [3.63, 3.8) is 0 Å². The number of pyridine rings is 1. The second-order valence-electron chi connectivity index (χ2n) is 8.59. The van der Waals surface area contributed by atoms with E-state index in [0.29, 0.717) is 29.9 Å². The Bertz CT molecular complexity index is 1100. The second kappa shape index (κ2) is 5.47. The first-order valence-corrected chi connectivity index (χ1v) is 9.65. The van der Waals surface area contributed by atoms with Crippen LogP contribution in [0.4, 0.5) is 15.8 Å². The van der Waals surface area contributed by atoms with Crippen LogP contribution in [0.25, 0.3) is 10.9 Å². The summed E-state index contributed by atoms with van der Waals surface area (Å²) in [5, 5.41) is 9.40. The van der Waals surface area contributed by atoms with E-state index in [1.807, 2.05) is 4.90 Å². The van der Waals surface area contributed by atoms with Gasteiger partial charge in [-0.15, -0.1) is 0 Å². The Balaban J connectivity index is 1.81. The summed E-state index contributed by atoms with van der Waals surface area (Å²) in [4.78, 5) is 26.3. The van der Waals surface area contributed by atoms with Gasteiger partial charge in [0.1, 0.15) is 5.56 Å². The van der Waals surface area contributed by atoms with Crippen molar-refractivity contribution in [2.75, 3.05) is 23.7 Å². The van der Waals surface area contributed by atoms with E-state index in [9.17, 15) is 14.7 Å². The van der Waals surface area contributed by atoms with Crippen LogP contribution < -0.4 is 21.8 Å². The number of aryl methyl sites for hydroxylation is 1. The van der Waals surface area contributed by atoms with E-state index < -0.39 is 17.2 Å². The van der Waals surface area contributed by atoms with Crippen molar-refractivity contribution in [3.8, 4) is 0 Å². The number of hydrogen-bond acceptors (Lipinski definition) is 5. The van der Waals surface area contributed by atoms with E-state index >= 15 is 4.39 Å².